The van der Waals surface area contributed by atoms with E-state index in [4.69, 9.17) is 9.47 Å². The number of hydrogen-bond donors (Lipinski definition) is 1. The summed E-state index contributed by atoms with van der Waals surface area (Å²) in [5, 5.41) is 2.80. The van der Waals surface area contributed by atoms with Gasteiger partial charge in [-0.25, -0.2) is 4.79 Å². The Morgan fingerprint density at radius 2 is 2.11 bits per heavy atom. The predicted octanol–water partition coefficient (Wildman–Crippen LogP) is 3.21. The lowest BCUT2D eigenvalue weighted by atomic mass is 9.75. The average molecular weight is 271 g/mol. The van der Waals surface area contributed by atoms with Crippen LogP contribution in [0.5, 0.6) is 0 Å². The maximum absolute atomic E-state index is 11.8. The molecule has 0 heterocycles. The highest BCUT2D eigenvalue weighted by molar-refractivity contribution is 5.67. The SMILES string of the molecule is COCCCNC(=O)O[C@H]1C[C@@H](C)CC[C@@H]1C(C)C. The Morgan fingerprint density at radius 3 is 2.74 bits per heavy atom. The normalized spacial score (nSPS) is 27.3. The second-order valence-corrected chi connectivity index (χ2v) is 6.04. The molecule has 1 N–H and O–H groups in total. The first kappa shape index (κ1) is 16.3. The van der Waals surface area contributed by atoms with Gasteiger partial charge < -0.3 is 14.8 Å². The maximum Gasteiger partial charge on any atom is 0.407 e. The van der Waals surface area contributed by atoms with Crippen LogP contribution in [0.2, 0.25) is 0 Å². The first-order chi connectivity index (χ1) is 9.04. The molecule has 1 aliphatic carbocycles. The van der Waals surface area contributed by atoms with Crippen molar-refractivity contribution >= 4 is 6.09 Å². The molecule has 0 radical (unpaired) electrons. The Bertz CT molecular complexity index is 268. The van der Waals surface area contributed by atoms with E-state index in [9.17, 15) is 4.79 Å². The molecule has 0 aromatic rings. The molecule has 0 aromatic carbocycles. The van der Waals surface area contributed by atoms with Crippen LogP contribution in [0.15, 0.2) is 0 Å². The Labute approximate surface area is 117 Å². The van der Waals surface area contributed by atoms with Crippen molar-refractivity contribution in [2.45, 2.75) is 52.6 Å². The zero-order chi connectivity index (χ0) is 14.3. The largest absolute Gasteiger partial charge is 0.446 e. The summed E-state index contributed by atoms with van der Waals surface area (Å²) in [4.78, 5) is 11.8. The van der Waals surface area contributed by atoms with Gasteiger partial charge >= 0.3 is 6.09 Å². The van der Waals surface area contributed by atoms with E-state index in [1.54, 1.807) is 7.11 Å². The summed E-state index contributed by atoms with van der Waals surface area (Å²) in [6.07, 6.45) is 4.03. The van der Waals surface area contributed by atoms with Crippen LogP contribution in [0, 0.1) is 17.8 Å². The number of ether oxygens (including phenoxy) is 2. The number of methoxy groups -OCH3 is 1. The van der Waals surface area contributed by atoms with Crippen LogP contribution in [0.4, 0.5) is 4.79 Å². The number of rotatable bonds is 6. The highest BCUT2D eigenvalue weighted by Gasteiger charge is 2.33. The smallest absolute Gasteiger partial charge is 0.407 e. The monoisotopic (exact) mass is 271 g/mol. The van der Waals surface area contributed by atoms with Crippen molar-refractivity contribution in [3.05, 3.63) is 0 Å². The lowest BCUT2D eigenvalue weighted by Crippen LogP contribution is -2.39. The lowest BCUT2D eigenvalue weighted by Gasteiger charge is -2.36. The highest BCUT2D eigenvalue weighted by Crippen LogP contribution is 2.35. The van der Waals surface area contributed by atoms with Gasteiger partial charge in [-0.15, -0.1) is 0 Å². The van der Waals surface area contributed by atoms with Crippen LogP contribution in [0.3, 0.4) is 0 Å². The van der Waals surface area contributed by atoms with Gasteiger partial charge in [-0.2, -0.15) is 0 Å². The predicted molar refractivity (Wildman–Crippen MR) is 76.1 cm³/mol. The van der Waals surface area contributed by atoms with Crippen molar-refractivity contribution in [2.75, 3.05) is 20.3 Å². The third kappa shape index (κ3) is 5.81. The summed E-state index contributed by atoms with van der Waals surface area (Å²) in [5.74, 6) is 1.72. The Kier molecular flexibility index (Phi) is 7.21. The first-order valence-corrected chi connectivity index (χ1v) is 7.48. The fraction of sp³-hybridized carbons (Fsp3) is 0.933. The van der Waals surface area contributed by atoms with Crippen LogP contribution in [0.25, 0.3) is 0 Å². The van der Waals surface area contributed by atoms with Gasteiger partial charge in [0.2, 0.25) is 0 Å². The molecule has 3 atom stereocenters. The summed E-state index contributed by atoms with van der Waals surface area (Å²) in [7, 11) is 1.66. The average Bonchev–Trinajstić information content (AvgIpc) is 2.34. The number of carbonyl (C=O) groups is 1. The van der Waals surface area contributed by atoms with Crippen molar-refractivity contribution < 1.29 is 14.3 Å². The zero-order valence-electron chi connectivity index (χ0n) is 12.8. The molecule has 0 bridgehead atoms. The van der Waals surface area contributed by atoms with Crippen LogP contribution in [-0.2, 0) is 9.47 Å². The summed E-state index contributed by atoms with van der Waals surface area (Å²) in [6, 6.07) is 0. The van der Waals surface area contributed by atoms with Crippen molar-refractivity contribution in [1.82, 2.24) is 5.32 Å². The molecular weight excluding hydrogens is 242 g/mol. The van der Waals surface area contributed by atoms with Gasteiger partial charge in [-0.05, 0) is 37.0 Å². The molecule has 112 valence electrons. The zero-order valence-corrected chi connectivity index (χ0v) is 12.8. The standard InChI is InChI=1S/C15H29NO3/c1-11(2)13-7-6-12(3)10-14(13)19-15(17)16-8-5-9-18-4/h11-14H,5-10H2,1-4H3,(H,16,17)/t12-,13+,14-/m0/s1. The third-order valence-corrected chi connectivity index (χ3v) is 4.01. The van der Waals surface area contributed by atoms with Gasteiger partial charge in [0.15, 0.2) is 0 Å². The molecule has 4 heteroatoms. The molecule has 1 rings (SSSR count). The molecule has 1 aliphatic rings. The summed E-state index contributed by atoms with van der Waals surface area (Å²) in [5.41, 5.74) is 0. The molecule has 0 saturated heterocycles. The van der Waals surface area contributed by atoms with Gasteiger partial charge in [0.05, 0.1) is 0 Å². The number of alkyl carbamates (subject to hydrolysis) is 1. The minimum atomic E-state index is -0.277. The van der Waals surface area contributed by atoms with E-state index in [0.29, 0.717) is 30.9 Å². The highest BCUT2D eigenvalue weighted by atomic mass is 16.6. The summed E-state index contributed by atoms with van der Waals surface area (Å²) in [6.45, 7) is 7.95. The topological polar surface area (TPSA) is 47.6 Å². The number of hydrogen-bond acceptors (Lipinski definition) is 3. The molecule has 1 amide bonds. The number of carbonyl (C=O) groups excluding carboxylic acids is 1. The third-order valence-electron chi connectivity index (χ3n) is 4.01. The van der Waals surface area contributed by atoms with E-state index >= 15 is 0 Å². The van der Waals surface area contributed by atoms with Gasteiger partial charge in [-0.3, -0.25) is 0 Å². The summed E-state index contributed by atoms with van der Waals surface area (Å²) >= 11 is 0. The van der Waals surface area contributed by atoms with E-state index in [-0.39, 0.29) is 12.2 Å². The minimum Gasteiger partial charge on any atom is -0.446 e. The van der Waals surface area contributed by atoms with E-state index in [0.717, 1.165) is 12.8 Å². The lowest BCUT2D eigenvalue weighted by molar-refractivity contribution is 0.00609. The molecule has 0 aromatic heterocycles. The molecule has 1 saturated carbocycles. The Balaban J connectivity index is 2.36. The van der Waals surface area contributed by atoms with E-state index in [1.165, 1.54) is 12.8 Å². The van der Waals surface area contributed by atoms with Gasteiger partial charge in [0.1, 0.15) is 6.10 Å². The molecule has 0 unspecified atom stereocenters. The van der Waals surface area contributed by atoms with Crippen LogP contribution >= 0.6 is 0 Å². The van der Waals surface area contributed by atoms with Crippen molar-refractivity contribution in [3.8, 4) is 0 Å². The second kappa shape index (κ2) is 8.41. The fourth-order valence-corrected chi connectivity index (χ4v) is 2.84. The Morgan fingerprint density at radius 1 is 1.37 bits per heavy atom. The van der Waals surface area contributed by atoms with E-state index < -0.39 is 0 Å². The number of amides is 1. The minimum absolute atomic E-state index is 0.0752. The van der Waals surface area contributed by atoms with Gasteiger partial charge in [-0.1, -0.05) is 27.2 Å². The van der Waals surface area contributed by atoms with Gasteiger partial charge in [0.25, 0.3) is 0 Å². The van der Waals surface area contributed by atoms with Crippen molar-refractivity contribution in [3.63, 3.8) is 0 Å². The molecule has 19 heavy (non-hydrogen) atoms. The fourth-order valence-electron chi connectivity index (χ4n) is 2.84. The Hall–Kier alpha value is -0.770. The van der Waals surface area contributed by atoms with Crippen LogP contribution in [0.1, 0.15) is 46.5 Å². The maximum atomic E-state index is 11.8. The molecule has 0 spiro atoms. The first-order valence-electron chi connectivity index (χ1n) is 7.48. The molecular formula is C15H29NO3. The van der Waals surface area contributed by atoms with Crippen LogP contribution < -0.4 is 5.32 Å². The van der Waals surface area contributed by atoms with E-state index in [1.807, 2.05) is 0 Å². The van der Waals surface area contributed by atoms with Crippen molar-refractivity contribution in [1.29, 1.82) is 0 Å². The van der Waals surface area contributed by atoms with Crippen LogP contribution in [-0.4, -0.2) is 32.5 Å². The second-order valence-electron chi connectivity index (χ2n) is 6.04. The van der Waals surface area contributed by atoms with E-state index in [2.05, 4.69) is 26.1 Å². The van der Waals surface area contributed by atoms with Crippen molar-refractivity contribution in [2.24, 2.45) is 17.8 Å². The quantitative estimate of drug-likeness (QED) is 0.755. The number of nitrogens with one attached hydrogen (secondary N) is 1. The van der Waals surface area contributed by atoms with Gasteiger partial charge in [0, 0.05) is 20.3 Å². The molecule has 0 aliphatic heterocycles. The summed E-state index contributed by atoms with van der Waals surface area (Å²) < 4.78 is 10.6. The molecule has 1 fully saturated rings. The molecule has 4 nitrogen and oxygen atoms in total.